The molecule has 1 saturated carbocycles. The molecule has 2 atom stereocenters. The summed E-state index contributed by atoms with van der Waals surface area (Å²) < 4.78 is 0. The van der Waals surface area contributed by atoms with Crippen molar-refractivity contribution < 1.29 is 5.11 Å². The van der Waals surface area contributed by atoms with Crippen LogP contribution in [0.4, 0.5) is 5.82 Å². The number of likely N-dealkylation sites (tertiary alicyclic amines) is 1. The number of nitrogens with zero attached hydrogens (tertiary/aromatic N) is 2. The van der Waals surface area contributed by atoms with Gasteiger partial charge in [0.2, 0.25) is 0 Å². The monoisotopic (exact) mass is 289 g/mol. The molecule has 0 amide bonds. The topological polar surface area (TPSA) is 48.4 Å². The molecular formula is C17H27N3O. The minimum absolute atomic E-state index is 0.381. The van der Waals surface area contributed by atoms with Gasteiger partial charge in [-0.1, -0.05) is 18.9 Å². The molecule has 1 aliphatic heterocycles. The molecule has 0 aromatic carbocycles. The van der Waals surface area contributed by atoms with Gasteiger partial charge in [-0.3, -0.25) is 4.90 Å². The summed E-state index contributed by atoms with van der Waals surface area (Å²) in [4.78, 5) is 6.93. The molecule has 2 heterocycles. The van der Waals surface area contributed by atoms with Gasteiger partial charge >= 0.3 is 0 Å². The molecule has 4 nitrogen and oxygen atoms in total. The Morgan fingerprint density at radius 3 is 3.19 bits per heavy atom. The molecule has 4 heteroatoms. The summed E-state index contributed by atoms with van der Waals surface area (Å²) in [6, 6.07) is 4.17. The predicted octanol–water partition coefficient (Wildman–Crippen LogP) is 2.64. The van der Waals surface area contributed by atoms with Crippen LogP contribution in [0.1, 0.15) is 44.6 Å². The summed E-state index contributed by atoms with van der Waals surface area (Å²) in [6.45, 7) is 5.95. The van der Waals surface area contributed by atoms with Crippen LogP contribution < -0.4 is 5.32 Å². The third kappa shape index (κ3) is 3.22. The Bertz CT molecular complexity index is 479. The maximum Gasteiger partial charge on any atom is 0.130 e. The molecule has 0 spiro atoms. The highest BCUT2D eigenvalue weighted by molar-refractivity contribution is 5.43. The lowest BCUT2D eigenvalue weighted by Crippen LogP contribution is -2.53. The van der Waals surface area contributed by atoms with E-state index in [4.69, 9.17) is 0 Å². The lowest BCUT2D eigenvalue weighted by Gasteiger charge is -2.47. The minimum atomic E-state index is -0.381. The largest absolute Gasteiger partial charge is 0.390 e. The van der Waals surface area contributed by atoms with Gasteiger partial charge in [-0.25, -0.2) is 4.98 Å². The first-order chi connectivity index (χ1) is 10.2. The van der Waals surface area contributed by atoms with Gasteiger partial charge in [-0.05, 0) is 32.3 Å². The third-order valence-electron chi connectivity index (χ3n) is 5.14. The Balaban J connectivity index is 1.66. The van der Waals surface area contributed by atoms with Gasteiger partial charge in [0.1, 0.15) is 5.82 Å². The summed E-state index contributed by atoms with van der Waals surface area (Å²) in [5.74, 6) is 1.46. The van der Waals surface area contributed by atoms with Crippen LogP contribution in [0.3, 0.4) is 0 Å². The van der Waals surface area contributed by atoms with Gasteiger partial charge < -0.3 is 10.4 Å². The van der Waals surface area contributed by atoms with Crippen LogP contribution in [0.5, 0.6) is 0 Å². The molecular weight excluding hydrogens is 262 g/mol. The number of nitrogens with one attached hydrogen (secondary N) is 1. The Morgan fingerprint density at radius 1 is 1.43 bits per heavy atom. The van der Waals surface area contributed by atoms with E-state index in [0.717, 1.165) is 44.8 Å². The van der Waals surface area contributed by atoms with Gasteiger partial charge in [-0.2, -0.15) is 0 Å². The first kappa shape index (κ1) is 14.8. The van der Waals surface area contributed by atoms with Crippen molar-refractivity contribution >= 4 is 5.82 Å². The van der Waals surface area contributed by atoms with E-state index in [1.807, 2.05) is 12.3 Å². The molecule has 0 bridgehead atoms. The molecule has 0 radical (unpaired) electrons. The van der Waals surface area contributed by atoms with Crippen LogP contribution in [-0.4, -0.2) is 40.2 Å². The van der Waals surface area contributed by atoms with E-state index in [1.54, 1.807) is 0 Å². The number of fused-ring (bicyclic) bond motifs is 1. The Hall–Kier alpha value is -1.13. The van der Waals surface area contributed by atoms with Crippen molar-refractivity contribution in [1.82, 2.24) is 9.88 Å². The SMILES string of the molecule is CCNc1ncccc1CN1CCC2(O)CCCCC2C1. The fourth-order valence-electron chi connectivity index (χ4n) is 3.92. The molecule has 116 valence electrons. The highest BCUT2D eigenvalue weighted by Gasteiger charge is 2.42. The number of aromatic nitrogens is 1. The normalized spacial score (nSPS) is 29.9. The van der Waals surface area contributed by atoms with Crippen LogP contribution in [0.15, 0.2) is 18.3 Å². The first-order valence-corrected chi connectivity index (χ1v) is 8.34. The quantitative estimate of drug-likeness (QED) is 0.894. The van der Waals surface area contributed by atoms with Gasteiger partial charge in [0.05, 0.1) is 5.60 Å². The summed E-state index contributed by atoms with van der Waals surface area (Å²) in [6.07, 6.45) is 7.42. The summed E-state index contributed by atoms with van der Waals surface area (Å²) in [5, 5.41) is 14.1. The number of rotatable bonds is 4. The fourth-order valence-corrected chi connectivity index (χ4v) is 3.92. The van der Waals surface area contributed by atoms with Gasteiger partial charge in [-0.15, -0.1) is 0 Å². The second-order valence-corrected chi connectivity index (χ2v) is 6.57. The number of anilines is 1. The van der Waals surface area contributed by atoms with Crippen LogP contribution in [0.25, 0.3) is 0 Å². The fraction of sp³-hybridized carbons (Fsp3) is 0.706. The Labute approximate surface area is 127 Å². The standard InChI is InChI=1S/C17H27N3O/c1-2-18-16-14(6-5-10-19-16)12-20-11-9-17(21)8-4-3-7-15(17)13-20/h5-6,10,15,21H,2-4,7-9,11-13H2,1H3,(H,18,19). The number of pyridine rings is 1. The molecule has 1 aromatic rings. The van der Waals surface area contributed by atoms with Crippen molar-refractivity contribution in [3.63, 3.8) is 0 Å². The smallest absolute Gasteiger partial charge is 0.130 e. The average molecular weight is 289 g/mol. The van der Waals surface area contributed by atoms with Crippen molar-refractivity contribution in [1.29, 1.82) is 0 Å². The van der Waals surface area contributed by atoms with Crippen molar-refractivity contribution in [2.75, 3.05) is 25.0 Å². The van der Waals surface area contributed by atoms with E-state index < -0.39 is 0 Å². The predicted molar refractivity (Wildman–Crippen MR) is 85.2 cm³/mol. The van der Waals surface area contributed by atoms with E-state index in [1.165, 1.54) is 24.8 Å². The molecule has 1 aliphatic carbocycles. The van der Waals surface area contributed by atoms with Crippen LogP contribution in [0.2, 0.25) is 0 Å². The van der Waals surface area contributed by atoms with Gasteiger partial charge in [0.15, 0.2) is 0 Å². The zero-order chi connectivity index (χ0) is 14.7. The number of piperidine rings is 1. The van der Waals surface area contributed by atoms with Crippen molar-refractivity contribution in [3.8, 4) is 0 Å². The number of aliphatic hydroxyl groups is 1. The van der Waals surface area contributed by atoms with E-state index in [-0.39, 0.29) is 5.60 Å². The van der Waals surface area contributed by atoms with Crippen LogP contribution in [0, 0.1) is 5.92 Å². The van der Waals surface area contributed by atoms with Crippen LogP contribution >= 0.6 is 0 Å². The van der Waals surface area contributed by atoms with E-state index in [0.29, 0.717) is 5.92 Å². The van der Waals surface area contributed by atoms with E-state index >= 15 is 0 Å². The van der Waals surface area contributed by atoms with Crippen molar-refractivity contribution in [2.45, 2.75) is 51.2 Å². The van der Waals surface area contributed by atoms with E-state index in [9.17, 15) is 5.11 Å². The zero-order valence-electron chi connectivity index (χ0n) is 13.0. The molecule has 2 aliphatic rings. The lowest BCUT2D eigenvalue weighted by atomic mass is 9.71. The van der Waals surface area contributed by atoms with Gasteiger partial charge in [0, 0.05) is 43.9 Å². The van der Waals surface area contributed by atoms with Gasteiger partial charge in [0.25, 0.3) is 0 Å². The maximum absolute atomic E-state index is 10.8. The second kappa shape index (κ2) is 6.32. The lowest BCUT2D eigenvalue weighted by molar-refractivity contribution is -0.0967. The molecule has 2 unspecified atom stereocenters. The first-order valence-electron chi connectivity index (χ1n) is 8.34. The Morgan fingerprint density at radius 2 is 2.33 bits per heavy atom. The minimum Gasteiger partial charge on any atom is -0.390 e. The maximum atomic E-state index is 10.8. The average Bonchev–Trinajstić information content (AvgIpc) is 2.50. The van der Waals surface area contributed by atoms with Crippen molar-refractivity contribution in [3.05, 3.63) is 23.9 Å². The molecule has 2 N–H and O–H groups in total. The molecule has 21 heavy (non-hydrogen) atoms. The van der Waals surface area contributed by atoms with Crippen LogP contribution in [-0.2, 0) is 6.54 Å². The Kier molecular flexibility index (Phi) is 4.45. The molecule has 1 aromatic heterocycles. The second-order valence-electron chi connectivity index (χ2n) is 6.57. The molecule has 3 rings (SSSR count). The summed E-state index contributed by atoms with van der Waals surface area (Å²) in [5.41, 5.74) is 0.884. The number of hydrogen-bond donors (Lipinski definition) is 2. The highest BCUT2D eigenvalue weighted by Crippen LogP contribution is 2.40. The number of hydrogen-bond acceptors (Lipinski definition) is 4. The highest BCUT2D eigenvalue weighted by atomic mass is 16.3. The summed E-state index contributed by atoms with van der Waals surface area (Å²) >= 11 is 0. The van der Waals surface area contributed by atoms with Crippen molar-refractivity contribution in [2.24, 2.45) is 5.92 Å². The third-order valence-corrected chi connectivity index (χ3v) is 5.14. The van der Waals surface area contributed by atoms with E-state index in [2.05, 4.69) is 28.2 Å². The molecule has 1 saturated heterocycles. The molecule has 2 fully saturated rings. The summed E-state index contributed by atoms with van der Waals surface area (Å²) in [7, 11) is 0. The zero-order valence-corrected chi connectivity index (χ0v) is 13.0.